The molecule has 1 aromatic carbocycles. The number of carbonyl (C=O) groups excluding carboxylic acids is 1. The number of aryl methyl sites for hydroxylation is 2. The molecule has 0 bridgehead atoms. The van der Waals surface area contributed by atoms with Crippen LogP contribution in [0.2, 0.25) is 5.02 Å². The van der Waals surface area contributed by atoms with Gasteiger partial charge in [-0.2, -0.15) is 10.1 Å². The molecule has 136 valence electrons. The summed E-state index contributed by atoms with van der Waals surface area (Å²) in [5.74, 6) is 0.0351. The summed E-state index contributed by atoms with van der Waals surface area (Å²) in [5, 5.41) is 4.47. The van der Waals surface area contributed by atoms with Gasteiger partial charge in [0.1, 0.15) is 12.1 Å². The second kappa shape index (κ2) is 7.37. The Morgan fingerprint density at radius 3 is 2.81 bits per heavy atom. The summed E-state index contributed by atoms with van der Waals surface area (Å²) in [6, 6.07) is 4.50. The van der Waals surface area contributed by atoms with Crippen LogP contribution < -0.4 is 0 Å². The van der Waals surface area contributed by atoms with Crippen LogP contribution in [0.4, 0.5) is 4.39 Å². The van der Waals surface area contributed by atoms with Crippen LogP contribution in [0.5, 0.6) is 0 Å². The van der Waals surface area contributed by atoms with E-state index in [9.17, 15) is 9.18 Å². The van der Waals surface area contributed by atoms with Crippen LogP contribution >= 0.6 is 11.6 Å². The molecule has 0 spiro atoms. The summed E-state index contributed by atoms with van der Waals surface area (Å²) in [6.45, 7) is 3.95. The van der Waals surface area contributed by atoms with E-state index < -0.39 is 5.82 Å². The molecule has 2 heterocycles. The fraction of sp³-hybridized carbons (Fsp3) is 0.333. The summed E-state index contributed by atoms with van der Waals surface area (Å²) in [5.41, 5.74) is 3.03. The lowest BCUT2D eigenvalue weighted by atomic mass is 10.1. The van der Waals surface area contributed by atoms with Crippen LogP contribution in [-0.2, 0) is 17.8 Å². The Labute approximate surface area is 155 Å². The highest BCUT2D eigenvalue weighted by Crippen LogP contribution is 2.21. The standard InChI is InChI=1S/C18H19ClFN5O/c1-11-13(12(2)25-18(23-11)21-10-22-25)7-8-17(26)24(3)9-14-15(19)5-4-6-16(14)20/h4-6,10H,7-9H2,1-3H3. The van der Waals surface area contributed by atoms with Gasteiger partial charge >= 0.3 is 0 Å². The van der Waals surface area contributed by atoms with E-state index in [2.05, 4.69) is 15.1 Å². The molecule has 0 saturated carbocycles. The minimum atomic E-state index is -0.412. The Bertz CT molecular complexity index is 951. The van der Waals surface area contributed by atoms with Crippen LogP contribution in [-0.4, -0.2) is 37.4 Å². The molecule has 8 heteroatoms. The molecule has 0 unspecified atom stereocenters. The zero-order valence-corrected chi connectivity index (χ0v) is 15.6. The van der Waals surface area contributed by atoms with E-state index >= 15 is 0 Å². The Morgan fingerprint density at radius 1 is 1.31 bits per heavy atom. The first-order valence-corrected chi connectivity index (χ1v) is 8.59. The van der Waals surface area contributed by atoms with Gasteiger partial charge in [0.15, 0.2) is 0 Å². The van der Waals surface area contributed by atoms with Gasteiger partial charge in [-0.3, -0.25) is 4.79 Å². The highest BCUT2D eigenvalue weighted by atomic mass is 35.5. The lowest BCUT2D eigenvalue weighted by molar-refractivity contribution is -0.130. The van der Waals surface area contributed by atoms with Gasteiger partial charge in [-0.1, -0.05) is 17.7 Å². The average molecular weight is 376 g/mol. The van der Waals surface area contributed by atoms with Crippen molar-refractivity contribution in [3.8, 4) is 0 Å². The molecular weight excluding hydrogens is 357 g/mol. The smallest absolute Gasteiger partial charge is 0.252 e. The molecule has 26 heavy (non-hydrogen) atoms. The number of carbonyl (C=O) groups is 1. The number of nitrogens with zero attached hydrogens (tertiary/aromatic N) is 5. The van der Waals surface area contributed by atoms with Crippen molar-refractivity contribution in [2.24, 2.45) is 0 Å². The Hall–Kier alpha value is -2.54. The first-order valence-electron chi connectivity index (χ1n) is 8.21. The Morgan fingerprint density at radius 2 is 2.08 bits per heavy atom. The van der Waals surface area contributed by atoms with Crippen LogP contribution in [0.3, 0.4) is 0 Å². The van der Waals surface area contributed by atoms with E-state index in [1.54, 1.807) is 23.7 Å². The van der Waals surface area contributed by atoms with Gasteiger partial charge in [-0.25, -0.2) is 13.9 Å². The summed E-state index contributed by atoms with van der Waals surface area (Å²) < 4.78 is 15.6. The van der Waals surface area contributed by atoms with Crippen molar-refractivity contribution < 1.29 is 9.18 Å². The van der Waals surface area contributed by atoms with Crippen molar-refractivity contribution in [1.29, 1.82) is 0 Å². The second-order valence-electron chi connectivity index (χ2n) is 6.18. The fourth-order valence-corrected chi connectivity index (χ4v) is 3.17. The highest BCUT2D eigenvalue weighted by Gasteiger charge is 2.17. The molecule has 0 radical (unpaired) electrons. The maximum Gasteiger partial charge on any atom is 0.252 e. The number of halogens is 2. The first-order chi connectivity index (χ1) is 12.4. The number of hydrogen-bond acceptors (Lipinski definition) is 4. The highest BCUT2D eigenvalue weighted by molar-refractivity contribution is 6.31. The normalized spacial score (nSPS) is 11.1. The second-order valence-corrected chi connectivity index (χ2v) is 6.59. The third kappa shape index (κ3) is 3.53. The number of aromatic nitrogens is 4. The number of fused-ring (bicyclic) bond motifs is 1. The molecule has 3 aromatic rings. The molecule has 1 amide bonds. The largest absolute Gasteiger partial charge is 0.341 e. The monoisotopic (exact) mass is 375 g/mol. The molecule has 6 nitrogen and oxygen atoms in total. The summed E-state index contributed by atoms with van der Waals surface area (Å²) in [7, 11) is 1.64. The third-order valence-electron chi connectivity index (χ3n) is 4.46. The van der Waals surface area contributed by atoms with Gasteiger partial charge in [0.2, 0.25) is 5.91 Å². The summed E-state index contributed by atoms with van der Waals surface area (Å²) in [4.78, 5) is 22.5. The molecule has 0 saturated heterocycles. The van der Waals surface area contributed by atoms with Crippen molar-refractivity contribution in [2.75, 3.05) is 7.05 Å². The zero-order valence-electron chi connectivity index (χ0n) is 14.8. The van der Waals surface area contributed by atoms with Gasteiger partial charge in [0.05, 0.1) is 0 Å². The molecule has 0 aliphatic carbocycles. The van der Waals surface area contributed by atoms with E-state index in [4.69, 9.17) is 11.6 Å². The predicted octanol–water partition coefficient (Wildman–Crippen LogP) is 3.12. The van der Waals surface area contributed by atoms with Gasteiger partial charge < -0.3 is 4.90 Å². The van der Waals surface area contributed by atoms with Crippen molar-refractivity contribution in [1.82, 2.24) is 24.5 Å². The van der Waals surface area contributed by atoms with Crippen LogP contribution in [0.1, 0.15) is 28.9 Å². The van der Waals surface area contributed by atoms with Crippen molar-refractivity contribution in [3.63, 3.8) is 0 Å². The number of amides is 1. The van der Waals surface area contributed by atoms with Gasteiger partial charge in [-0.05, 0) is 38.0 Å². The minimum Gasteiger partial charge on any atom is -0.341 e. The molecule has 0 fully saturated rings. The molecule has 0 aliphatic heterocycles. The quantitative estimate of drug-likeness (QED) is 0.687. The van der Waals surface area contributed by atoms with Gasteiger partial charge in [0, 0.05) is 42.0 Å². The van der Waals surface area contributed by atoms with Gasteiger partial charge in [0.25, 0.3) is 5.78 Å². The molecule has 0 aliphatic rings. The minimum absolute atomic E-state index is 0.0955. The first kappa shape index (κ1) is 18.3. The van der Waals surface area contributed by atoms with Crippen LogP contribution in [0.15, 0.2) is 24.5 Å². The molecule has 2 aromatic heterocycles. The lowest BCUT2D eigenvalue weighted by Crippen LogP contribution is -2.27. The maximum atomic E-state index is 13.9. The van der Waals surface area contributed by atoms with E-state index in [0.29, 0.717) is 22.8 Å². The maximum absolute atomic E-state index is 13.9. The van der Waals surface area contributed by atoms with E-state index in [1.165, 1.54) is 17.3 Å². The van der Waals surface area contributed by atoms with E-state index in [1.807, 2.05) is 13.8 Å². The van der Waals surface area contributed by atoms with E-state index in [0.717, 1.165) is 17.0 Å². The number of hydrogen-bond donors (Lipinski definition) is 0. The molecular formula is C18H19ClFN5O. The fourth-order valence-electron chi connectivity index (χ4n) is 2.95. The lowest BCUT2D eigenvalue weighted by Gasteiger charge is -2.19. The van der Waals surface area contributed by atoms with Crippen LogP contribution in [0.25, 0.3) is 5.78 Å². The van der Waals surface area contributed by atoms with E-state index in [-0.39, 0.29) is 18.9 Å². The Kier molecular flexibility index (Phi) is 5.18. The van der Waals surface area contributed by atoms with Crippen molar-refractivity contribution >= 4 is 23.3 Å². The van der Waals surface area contributed by atoms with Gasteiger partial charge in [-0.15, -0.1) is 0 Å². The summed E-state index contributed by atoms with van der Waals surface area (Å²) in [6.07, 6.45) is 2.26. The molecule has 0 N–H and O–H groups in total. The molecule has 3 rings (SSSR count). The van der Waals surface area contributed by atoms with Crippen LogP contribution in [0, 0.1) is 19.7 Å². The topological polar surface area (TPSA) is 63.4 Å². The zero-order chi connectivity index (χ0) is 18.8. The predicted molar refractivity (Wildman–Crippen MR) is 96.5 cm³/mol. The SMILES string of the molecule is Cc1nc2ncnn2c(C)c1CCC(=O)N(C)Cc1c(F)cccc1Cl. The number of benzene rings is 1. The molecule has 0 atom stereocenters. The van der Waals surface area contributed by atoms with Crippen molar-refractivity contribution in [3.05, 3.63) is 57.9 Å². The third-order valence-corrected chi connectivity index (χ3v) is 4.81. The summed E-state index contributed by atoms with van der Waals surface area (Å²) >= 11 is 6.04. The Balaban J connectivity index is 1.71. The number of rotatable bonds is 5. The average Bonchev–Trinajstić information content (AvgIpc) is 3.06. The van der Waals surface area contributed by atoms with Crippen molar-refractivity contribution in [2.45, 2.75) is 33.2 Å².